The van der Waals surface area contributed by atoms with Crippen molar-refractivity contribution in [3.05, 3.63) is 16.3 Å². The van der Waals surface area contributed by atoms with Gasteiger partial charge in [-0.3, -0.25) is 0 Å². The maximum Gasteiger partial charge on any atom is 0.135 e. The van der Waals surface area contributed by atoms with Crippen molar-refractivity contribution in [1.82, 2.24) is 0 Å². The molecule has 1 unspecified atom stereocenters. The SMILES string of the molecule is COc1ccsc1C(O)CCO. The summed E-state index contributed by atoms with van der Waals surface area (Å²) in [5, 5.41) is 20.0. The van der Waals surface area contributed by atoms with Gasteiger partial charge in [-0.2, -0.15) is 0 Å². The molecule has 0 saturated carbocycles. The zero-order chi connectivity index (χ0) is 8.97. The van der Waals surface area contributed by atoms with Crippen LogP contribution >= 0.6 is 11.3 Å². The van der Waals surface area contributed by atoms with Gasteiger partial charge in [-0.25, -0.2) is 0 Å². The lowest BCUT2D eigenvalue weighted by Crippen LogP contribution is -1.99. The molecule has 1 aromatic rings. The lowest BCUT2D eigenvalue weighted by molar-refractivity contribution is 0.135. The number of rotatable bonds is 4. The summed E-state index contributed by atoms with van der Waals surface area (Å²) >= 11 is 1.44. The van der Waals surface area contributed by atoms with Crippen LogP contribution in [0, 0.1) is 0 Å². The van der Waals surface area contributed by atoms with Gasteiger partial charge in [0.05, 0.1) is 18.1 Å². The fraction of sp³-hybridized carbons (Fsp3) is 0.500. The van der Waals surface area contributed by atoms with Crippen molar-refractivity contribution in [3.63, 3.8) is 0 Å². The maximum atomic E-state index is 9.49. The third-order valence-electron chi connectivity index (χ3n) is 1.58. The van der Waals surface area contributed by atoms with E-state index in [4.69, 9.17) is 9.84 Å². The number of methoxy groups -OCH3 is 1. The molecule has 0 aliphatic heterocycles. The molecule has 1 atom stereocenters. The maximum absolute atomic E-state index is 9.49. The van der Waals surface area contributed by atoms with Crippen LogP contribution in [0.4, 0.5) is 0 Å². The highest BCUT2D eigenvalue weighted by Gasteiger charge is 2.13. The van der Waals surface area contributed by atoms with Gasteiger partial charge >= 0.3 is 0 Å². The molecule has 0 aliphatic rings. The summed E-state index contributed by atoms with van der Waals surface area (Å²) in [5.74, 6) is 0.695. The van der Waals surface area contributed by atoms with Crippen molar-refractivity contribution in [1.29, 1.82) is 0 Å². The Morgan fingerprint density at radius 3 is 3.00 bits per heavy atom. The molecule has 0 spiro atoms. The van der Waals surface area contributed by atoms with Crippen molar-refractivity contribution < 1.29 is 14.9 Å². The Balaban J connectivity index is 2.71. The first kappa shape index (κ1) is 9.51. The fourth-order valence-corrected chi connectivity index (χ4v) is 1.85. The summed E-state index contributed by atoms with van der Waals surface area (Å²) < 4.78 is 5.02. The van der Waals surface area contributed by atoms with Gasteiger partial charge in [-0.1, -0.05) is 0 Å². The van der Waals surface area contributed by atoms with Gasteiger partial charge in [0.25, 0.3) is 0 Å². The normalized spacial score (nSPS) is 12.9. The van der Waals surface area contributed by atoms with Crippen LogP contribution in [-0.2, 0) is 0 Å². The van der Waals surface area contributed by atoms with Crippen LogP contribution in [0.5, 0.6) is 5.75 Å². The standard InChI is InChI=1S/C8H12O3S/c1-11-7-3-5-12-8(7)6(10)2-4-9/h3,5-6,9-10H,2,4H2,1H3. The number of aliphatic hydroxyl groups excluding tert-OH is 2. The van der Waals surface area contributed by atoms with E-state index in [-0.39, 0.29) is 6.61 Å². The molecule has 0 amide bonds. The van der Waals surface area contributed by atoms with E-state index in [1.54, 1.807) is 13.2 Å². The van der Waals surface area contributed by atoms with E-state index in [1.165, 1.54) is 11.3 Å². The molecule has 3 nitrogen and oxygen atoms in total. The van der Waals surface area contributed by atoms with Gasteiger partial charge in [0.15, 0.2) is 0 Å². The van der Waals surface area contributed by atoms with E-state index in [2.05, 4.69) is 0 Å². The smallest absolute Gasteiger partial charge is 0.135 e. The molecule has 0 bridgehead atoms. The molecule has 1 rings (SSSR count). The highest BCUT2D eigenvalue weighted by atomic mass is 32.1. The minimum atomic E-state index is -0.607. The molecule has 4 heteroatoms. The van der Waals surface area contributed by atoms with Crippen LogP contribution in [0.1, 0.15) is 17.4 Å². The molecule has 12 heavy (non-hydrogen) atoms. The van der Waals surface area contributed by atoms with Crippen LogP contribution in [0.2, 0.25) is 0 Å². The predicted octanol–water partition coefficient (Wildman–Crippen LogP) is 1.17. The van der Waals surface area contributed by atoms with E-state index in [9.17, 15) is 5.11 Å². The van der Waals surface area contributed by atoms with Crippen molar-refractivity contribution in [2.24, 2.45) is 0 Å². The van der Waals surface area contributed by atoms with Crippen molar-refractivity contribution in [2.75, 3.05) is 13.7 Å². The molecule has 2 N–H and O–H groups in total. The Kier molecular flexibility index (Phi) is 3.52. The van der Waals surface area contributed by atoms with Crippen LogP contribution in [0.15, 0.2) is 11.4 Å². The van der Waals surface area contributed by atoms with E-state index in [0.717, 1.165) is 4.88 Å². The second kappa shape index (κ2) is 4.45. The first-order valence-electron chi connectivity index (χ1n) is 3.70. The lowest BCUT2D eigenvalue weighted by Gasteiger charge is -2.08. The zero-order valence-electron chi connectivity index (χ0n) is 6.86. The van der Waals surface area contributed by atoms with E-state index in [0.29, 0.717) is 12.2 Å². The Morgan fingerprint density at radius 1 is 1.67 bits per heavy atom. The van der Waals surface area contributed by atoms with E-state index in [1.807, 2.05) is 5.38 Å². The first-order chi connectivity index (χ1) is 5.79. The Bertz CT molecular complexity index is 234. The van der Waals surface area contributed by atoms with Crippen LogP contribution < -0.4 is 4.74 Å². The first-order valence-corrected chi connectivity index (χ1v) is 4.58. The fourth-order valence-electron chi connectivity index (χ4n) is 0.974. The average Bonchev–Trinajstić information content (AvgIpc) is 2.51. The molecular weight excluding hydrogens is 176 g/mol. The Morgan fingerprint density at radius 2 is 2.42 bits per heavy atom. The molecule has 68 valence electrons. The predicted molar refractivity (Wildman–Crippen MR) is 47.5 cm³/mol. The van der Waals surface area contributed by atoms with Gasteiger partial charge in [-0.15, -0.1) is 11.3 Å². The van der Waals surface area contributed by atoms with Gasteiger partial charge < -0.3 is 14.9 Å². The third-order valence-corrected chi connectivity index (χ3v) is 2.58. The lowest BCUT2D eigenvalue weighted by atomic mass is 10.2. The Hall–Kier alpha value is -0.580. The van der Waals surface area contributed by atoms with Gasteiger partial charge in [0.1, 0.15) is 5.75 Å². The van der Waals surface area contributed by atoms with Gasteiger partial charge in [0, 0.05) is 13.0 Å². The number of hydrogen-bond acceptors (Lipinski definition) is 4. The number of thiophene rings is 1. The second-order valence-electron chi connectivity index (χ2n) is 2.38. The topological polar surface area (TPSA) is 49.7 Å². The quantitative estimate of drug-likeness (QED) is 0.745. The second-order valence-corrected chi connectivity index (χ2v) is 3.33. The third kappa shape index (κ3) is 1.97. The summed E-state index contributed by atoms with van der Waals surface area (Å²) in [5.41, 5.74) is 0. The van der Waals surface area contributed by atoms with Crippen LogP contribution in [0.25, 0.3) is 0 Å². The van der Waals surface area contributed by atoms with Gasteiger partial charge in [0.2, 0.25) is 0 Å². The number of hydrogen-bond donors (Lipinski definition) is 2. The largest absolute Gasteiger partial charge is 0.495 e. The van der Waals surface area contributed by atoms with E-state index < -0.39 is 6.10 Å². The molecule has 0 fully saturated rings. The minimum Gasteiger partial charge on any atom is -0.495 e. The average molecular weight is 188 g/mol. The highest BCUT2D eigenvalue weighted by Crippen LogP contribution is 2.31. The summed E-state index contributed by atoms with van der Waals surface area (Å²) in [6, 6.07) is 1.81. The van der Waals surface area contributed by atoms with E-state index >= 15 is 0 Å². The van der Waals surface area contributed by atoms with Gasteiger partial charge in [-0.05, 0) is 11.4 Å². The number of aliphatic hydroxyl groups is 2. The zero-order valence-corrected chi connectivity index (χ0v) is 7.67. The number of ether oxygens (including phenoxy) is 1. The molecule has 0 aliphatic carbocycles. The minimum absolute atomic E-state index is 0.0117. The summed E-state index contributed by atoms with van der Waals surface area (Å²) in [4.78, 5) is 0.784. The molecular formula is C8H12O3S. The molecule has 1 aromatic heterocycles. The molecule has 0 radical (unpaired) electrons. The van der Waals surface area contributed by atoms with Crippen LogP contribution in [-0.4, -0.2) is 23.9 Å². The molecule has 0 saturated heterocycles. The van der Waals surface area contributed by atoms with Crippen molar-refractivity contribution >= 4 is 11.3 Å². The van der Waals surface area contributed by atoms with Crippen LogP contribution in [0.3, 0.4) is 0 Å². The highest BCUT2D eigenvalue weighted by molar-refractivity contribution is 7.10. The summed E-state index contributed by atoms with van der Waals surface area (Å²) in [6.45, 7) is -0.0117. The van der Waals surface area contributed by atoms with Crippen molar-refractivity contribution in [2.45, 2.75) is 12.5 Å². The van der Waals surface area contributed by atoms with Crippen molar-refractivity contribution in [3.8, 4) is 5.75 Å². The monoisotopic (exact) mass is 188 g/mol. The Labute approximate surface area is 75.2 Å². The summed E-state index contributed by atoms with van der Waals surface area (Å²) in [7, 11) is 1.57. The summed E-state index contributed by atoms with van der Waals surface area (Å²) in [6.07, 6.45) is -0.249. The molecule has 1 heterocycles. The molecule has 0 aromatic carbocycles.